The standard InChI is InChI=1S/C13H16O7S/c1-7-2-4-8(5-3-7)21(16,17)20-12-10(14)9-6-18-13(19-9)11(12)15/h2-5,9-15H,6H2,1H3/t9-,10-,11+,12-,13-/m1/s1. The van der Waals surface area contributed by atoms with Crippen LogP contribution < -0.4 is 0 Å². The summed E-state index contributed by atoms with van der Waals surface area (Å²) in [5.74, 6) is 0. The zero-order chi connectivity index (χ0) is 15.2. The van der Waals surface area contributed by atoms with Crippen LogP contribution in [-0.4, -0.2) is 55.9 Å². The Hall–Kier alpha value is -1.03. The van der Waals surface area contributed by atoms with Gasteiger partial charge in [0.1, 0.15) is 24.4 Å². The van der Waals surface area contributed by atoms with E-state index in [1.54, 1.807) is 12.1 Å². The van der Waals surface area contributed by atoms with Crippen LogP contribution in [0.5, 0.6) is 0 Å². The highest BCUT2D eigenvalue weighted by Gasteiger charge is 2.51. The van der Waals surface area contributed by atoms with Crippen LogP contribution in [-0.2, 0) is 23.8 Å². The van der Waals surface area contributed by atoms with Gasteiger partial charge in [0.25, 0.3) is 10.1 Å². The number of rotatable bonds is 3. The third-order valence-electron chi connectivity index (χ3n) is 3.61. The maximum absolute atomic E-state index is 12.2. The number of benzene rings is 1. The Morgan fingerprint density at radius 3 is 2.52 bits per heavy atom. The van der Waals surface area contributed by atoms with Crippen LogP contribution in [0.1, 0.15) is 5.56 Å². The Labute approximate surface area is 122 Å². The molecule has 5 atom stereocenters. The van der Waals surface area contributed by atoms with Crippen molar-refractivity contribution in [2.45, 2.75) is 42.5 Å². The number of aliphatic hydroxyl groups is 2. The lowest BCUT2D eigenvalue weighted by Crippen LogP contribution is -2.55. The SMILES string of the molecule is Cc1ccc(S(=O)(=O)O[C@H]2[C@H](O)[C@@H]3OC[C@@H](O3)[C@H]2O)cc1. The van der Waals surface area contributed by atoms with Crippen molar-refractivity contribution >= 4 is 10.1 Å². The monoisotopic (exact) mass is 316 g/mol. The van der Waals surface area contributed by atoms with E-state index in [1.165, 1.54) is 12.1 Å². The molecule has 1 aromatic carbocycles. The maximum Gasteiger partial charge on any atom is 0.297 e. The summed E-state index contributed by atoms with van der Waals surface area (Å²) in [5.41, 5.74) is 0.909. The zero-order valence-electron chi connectivity index (χ0n) is 11.2. The van der Waals surface area contributed by atoms with Crippen LogP contribution >= 0.6 is 0 Å². The number of ether oxygens (including phenoxy) is 2. The smallest absolute Gasteiger partial charge is 0.297 e. The first-order valence-corrected chi connectivity index (χ1v) is 7.92. The molecule has 7 nitrogen and oxygen atoms in total. The summed E-state index contributed by atoms with van der Waals surface area (Å²) in [7, 11) is -4.09. The Bertz CT molecular complexity index is 596. The van der Waals surface area contributed by atoms with Gasteiger partial charge in [0.05, 0.1) is 11.5 Å². The molecule has 2 saturated heterocycles. The summed E-state index contributed by atoms with van der Waals surface area (Å²) in [4.78, 5) is -0.0349. The van der Waals surface area contributed by atoms with Gasteiger partial charge in [-0.2, -0.15) is 8.42 Å². The quantitative estimate of drug-likeness (QED) is 0.728. The van der Waals surface area contributed by atoms with Crippen LogP contribution in [0.4, 0.5) is 0 Å². The molecule has 1 aromatic rings. The average molecular weight is 316 g/mol. The van der Waals surface area contributed by atoms with E-state index in [0.29, 0.717) is 0 Å². The summed E-state index contributed by atoms with van der Waals surface area (Å²) in [5, 5.41) is 20.0. The fraction of sp³-hybridized carbons (Fsp3) is 0.538. The molecule has 0 amide bonds. The number of aliphatic hydroxyl groups excluding tert-OH is 2. The van der Waals surface area contributed by atoms with Gasteiger partial charge in [0.15, 0.2) is 6.29 Å². The van der Waals surface area contributed by atoms with Crippen molar-refractivity contribution in [3.05, 3.63) is 29.8 Å². The molecular formula is C13H16O7S. The van der Waals surface area contributed by atoms with Crippen LogP contribution in [0.3, 0.4) is 0 Å². The molecule has 2 aliphatic rings. The van der Waals surface area contributed by atoms with E-state index in [0.717, 1.165) is 5.56 Å². The molecule has 2 heterocycles. The van der Waals surface area contributed by atoms with Crippen LogP contribution in [0.15, 0.2) is 29.2 Å². The Morgan fingerprint density at radius 1 is 1.19 bits per heavy atom. The second kappa shape index (κ2) is 5.31. The van der Waals surface area contributed by atoms with Crippen molar-refractivity contribution in [2.24, 2.45) is 0 Å². The van der Waals surface area contributed by atoms with Gasteiger partial charge in [0.2, 0.25) is 0 Å². The Morgan fingerprint density at radius 2 is 1.86 bits per heavy atom. The normalized spacial score (nSPS) is 35.9. The first-order chi connectivity index (χ1) is 9.88. The lowest BCUT2D eigenvalue weighted by Gasteiger charge is -2.34. The number of fused-ring (bicyclic) bond motifs is 2. The molecule has 0 unspecified atom stereocenters. The molecule has 0 aromatic heterocycles. The van der Waals surface area contributed by atoms with E-state index in [2.05, 4.69) is 0 Å². The summed E-state index contributed by atoms with van der Waals surface area (Å²) >= 11 is 0. The Balaban J connectivity index is 1.83. The van der Waals surface area contributed by atoms with Gasteiger partial charge in [-0.1, -0.05) is 17.7 Å². The van der Waals surface area contributed by atoms with Crippen molar-refractivity contribution in [2.75, 3.05) is 6.61 Å². The fourth-order valence-corrected chi connectivity index (χ4v) is 3.49. The fourth-order valence-electron chi connectivity index (χ4n) is 2.39. The molecule has 2 aliphatic heterocycles. The first kappa shape index (κ1) is 14.9. The lowest BCUT2D eigenvalue weighted by atomic mass is 10.0. The second-order valence-corrected chi connectivity index (χ2v) is 6.76. The van der Waals surface area contributed by atoms with E-state index < -0.39 is 40.8 Å². The van der Waals surface area contributed by atoms with Crippen molar-refractivity contribution in [3.8, 4) is 0 Å². The third kappa shape index (κ3) is 2.70. The van der Waals surface area contributed by atoms with E-state index in [1.807, 2.05) is 6.92 Å². The van der Waals surface area contributed by atoms with E-state index >= 15 is 0 Å². The predicted molar refractivity (Wildman–Crippen MR) is 69.9 cm³/mol. The van der Waals surface area contributed by atoms with Crippen molar-refractivity contribution in [1.82, 2.24) is 0 Å². The summed E-state index contributed by atoms with van der Waals surface area (Å²) in [6, 6.07) is 6.10. The molecule has 0 aliphatic carbocycles. The van der Waals surface area contributed by atoms with E-state index in [-0.39, 0.29) is 11.5 Å². The van der Waals surface area contributed by atoms with Gasteiger partial charge in [-0.15, -0.1) is 0 Å². The lowest BCUT2D eigenvalue weighted by molar-refractivity contribution is -0.221. The minimum atomic E-state index is -4.09. The van der Waals surface area contributed by atoms with Crippen LogP contribution in [0.2, 0.25) is 0 Å². The summed E-state index contributed by atoms with van der Waals surface area (Å²) in [6.45, 7) is 1.92. The highest BCUT2D eigenvalue weighted by molar-refractivity contribution is 7.86. The van der Waals surface area contributed by atoms with Crippen LogP contribution in [0.25, 0.3) is 0 Å². The molecule has 21 heavy (non-hydrogen) atoms. The van der Waals surface area contributed by atoms with Gasteiger partial charge in [-0.05, 0) is 19.1 Å². The molecule has 0 radical (unpaired) electrons. The van der Waals surface area contributed by atoms with Gasteiger partial charge < -0.3 is 19.7 Å². The molecule has 0 spiro atoms. The van der Waals surface area contributed by atoms with Crippen molar-refractivity contribution in [3.63, 3.8) is 0 Å². The molecule has 2 fully saturated rings. The Kier molecular flexibility index (Phi) is 3.76. The average Bonchev–Trinajstić information content (AvgIpc) is 2.89. The largest absolute Gasteiger partial charge is 0.387 e. The summed E-state index contributed by atoms with van der Waals surface area (Å²) in [6.07, 6.45) is -5.64. The summed E-state index contributed by atoms with van der Waals surface area (Å²) < 4.78 is 39.8. The molecule has 116 valence electrons. The maximum atomic E-state index is 12.2. The third-order valence-corrected chi connectivity index (χ3v) is 4.94. The minimum Gasteiger partial charge on any atom is -0.387 e. The predicted octanol–water partition coefficient (Wildman–Crippen LogP) is -0.454. The number of hydrogen-bond acceptors (Lipinski definition) is 7. The van der Waals surface area contributed by atoms with Gasteiger partial charge in [-0.25, -0.2) is 0 Å². The van der Waals surface area contributed by atoms with Gasteiger partial charge >= 0.3 is 0 Å². The van der Waals surface area contributed by atoms with Gasteiger partial charge in [0, 0.05) is 0 Å². The molecular weight excluding hydrogens is 300 g/mol. The zero-order valence-corrected chi connectivity index (χ0v) is 12.1. The van der Waals surface area contributed by atoms with E-state index in [4.69, 9.17) is 13.7 Å². The molecule has 0 saturated carbocycles. The van der Waals surface area contributed by atoms with Crippen molar-refractivity contribution in [1.29, 1.82) is 0 Å². The molecule has 8 heteroatoms. The molecule has 2 N–H and O–H groups in total. The first-order valence-electron chi connectivity index (χ1n) is 6.51. The van der Waals surface area contributed by atoms with Crippen LogP contribution in [0, 0.1) is 6.92 Å². The second-order valence-electron chi connectivity index (χ2n) is 5.19. The van der Waals surface area contributed by atoms with Crippen molar-refractivity contribution < 1.29 is 32.3 Å². The topological polar surface area (TPSA) is 102 Å². The highest BCUT2D eigenvalue weighted by Crippen LogP contribution is 2.31. The van der Waals surface area contributed by atoms with Gasteiger partial charge in [-0.3, -0.25) is 4.18 Å². The molecule has 3 rings (SSSR count). The number of aryl methyl sites for hydroxylation is 1. The molecule has 2 bridgehead atoms. The minimum absolute atomic E-state index is 0.0349. The highest BCUT2D eigenvalue weighted by atomic mass is 32.2. The van der Waals surface area contributed by atoms with E-state index in [9.17, 15) is 18.6 Å². The number of hydrogen-bond donors (Lipinski definition) is 2.